The van der Waals surface area contributed by atoms with E-state index in [4.69, 9.17) is 28.6 Å². The lowest BCUT2D eigenvalue weighted by atomic mass is 10.2. The highest BCUT2D eigenvalue weighted by Crippen LogP contribution is 2.38. The maximum atomic E-state index is 13.1. The van der Waals surface area contributed by atoms with Crippen LogP contribution in [-0.2, 0) is 11.4 Å². The second kappa shape index (κ2) is 9.73. The average Bonchev–Trinajstić information content (AvgIpc) is 3.20. The molecule has 32 heavy (non-hydrogen) atoms. The van der Waals surface area contributed by atoms with Crippen LogP contribution in [0.25, 0.3) is 6.08 Å². The van der Waals surface area contributed by atoms with Crippen molar-refractivity contribution >= 4 is 83.7 Å². The second-order valence-corrected chi connectivity index (χ2v) is 10.9. The van der Waals surface area contributed by atoms with Gasteiger partial charge in [-0.1, -0.05) is 41.6 Å². The highest BCUT2D eigenvalue weighted by atomic mass is 79.9. The molecule has 2 heterocycles. The van der Waals surface area contributed by atoms with E-state index >= 15 is 0 Å². The first-order valence-electron chi connectivity index (χ1n) is 9.54. The number of aryl methyl sites for hydroxylation is 2. The number of carbonyl (C=O) groups is 1. The van der Waals surface area contributed by atoms with Crippen LogP contribution in [0.3, 0.4) is 0 Å². The molecule has 0 N–H and O–H groups in total. The Morgan fingerprint density at radius 3 is 2.34 bits per heavy atom. The third kappa shape index (κ3) is 4.70. The predicted octanol–water partition coefficient (Wildman–Crippen LogP) is 7.40. The smallest absolute Gasteiger partial charge is 0.285 e. The largest absolute Gasteiger partial charge is 0.486 e. The van der Waals surface area contributed by atoms with E-state index in [0.717, 1.165) is 31.5 Å². The monoisotopic (exact) mass is 610 g/mol. The molecule has 0 unspecified atom stereocenters. The molecule has 0 aliphatic carbocycles. The van der Waals surface area contributed by atoms with E-state index in [1.54, 1.807) is 5.01 Å². The summed E-state index contributed by atoms with van der Waals surface area (Å²) in [4.78, 5) is 13.7. The number of thioether (sulfide) groups is 1. The Balaban J connectivity index is 1.58. The number of carbonyl (C=O) groups excluding carboxylic acids is 1. The summed E-state index contributed by atoms with van der Waals surface area (Å²) >= 11 is 20.2. The van der Waals surface area contributed by atoms with Gasteiger partial charge in [-0.15, -0.1) is 0 Å². The first kappa shape index (κ1) is 23.6. The standard InChI is InChI=1S/C23H17Br2ClN2O2S2/c1-13-7-8-14(2)27(13)28-22(29)20(32-23(28)31)11-15-9-17(24)21(18(25)10-15)30-12-16-5-3-4-6-19(16)26/h3-11H,12H2,1-2H3/b20-11+. The first-order chi connectivity index (χ1) is 15.3. The Morgan fingerprint density at radius 1 is 1.09 bits per heavy atom. The fraction of sp³-hybridized carbons (Fsp3) is 0.130. The zero-order chi connectivity index (χ0) is 23.0. The summed E-state index contributed by atoms with van der Waals surface area (Å²) < 4.78 is 9.85. The van der Waals surface area contributed by atoms with E-state index in [1.807, 2.05) is 73.1 Å². The predicted molar refractivity (Wildman–Crippen MR) is 143 cm³/mol. The summed E-state index contributed by atoms with van der Waals surface area (Å²) in [6.45, 7) is 4.24. The van der Waals surface area contributed by atoms with Crippen LogP contribution in [0.1, 0.15) is 22.5 Å². The van der Waals surface area contributed by atoms with Gasteiger partial charge in [0, 0.05) is 22.0 Å². The number of benzene rings is 2. The van der Waals surface area contributed by atoms with Crippen LogP contribution in [0.2, 0.25) is 5.02 Å². The molecule has 3 aromatic rings. The molecule has 1 aliphatic rings. The zero-order valence-electron chi connectivity index (χ0n) is 17.1. The summed E-state index contributed by atoms with van der Waals surface area (Å²) in [5, 5.41) is 2.20. The molecule has 0 bridgehead atoms. The van der Waals surface area contributed by atoms with Gasteiger partial charge in [0.1, 0.15) is 12.4 Å². The molecule has 4 rings (SSSR count). The molecule has 0 atom stereocenters. The summed E-state index contributed by atoms with van der Waals surface area (Å²) in [6, 6.07) is 15.3. The molecule has 1 aromatic heterocycles. The van der Waals surface area contributed by atoms with Crippen molar-refractivity contribution < 1.29 is 9.53 Å². The summed E-state index contributed by atoms with van der Waals surface area (Å²) in [6.07, 6.45) is 1.83. The Kier molecular flexibility index (Phi) is 7.17. The number of thiocarbonyl (C=S) groups is 1. The fourth-order valence-corrected chi connectivity index (χ4v) is 6.21. The van der Waals surface area contributed by atoms with Gasteiger partial charge in [-0.25, -0.2) is 0 Å². The maximum Gasteiger partial charge on any atom is 0.285 e. The van der Waals surface area contributed by atoms with Gasteiger partial charge in [0.05, 0.1) is 13.9 Å². The van der Waals surface area contributed by atoms with Crippen LogP contribution in [0, 0.1) is 13.8 Å². The van der Waals surface area contributed by atoms with Gasteiger partial charge in [-0.2, -0.15) is 5.01 Å². The van der Waals surface area contributed by atoms with Crippen molar-refractivity contribution in [3.8, 4) is 5.75 Å². The Labute approximate surface area is 217 Å². The number of hydrogen-bond donors (Lipinski definition) is 0. The van der Waals surface area contributed by atoms with Crippen molar-refractivity contribution in [2.45, 2.75) is 20.5 Å². The molecule has 0 radical (unpaired) electrons. The van der Waals surface area contributed by atoms with Gasteiger partial charge in [0.25, 0.3) is 5.91 Å². The van der Waals surface area contributed by atoms with Crippen LogP contribution in [-0.4, -0.2) is 14.9 Å². The molecule has 0 spiro atoms. The highest BCUT2D eigenvalue weighted by Gasteiger charge is 2.34. The number of nitrogens with zero attached hydrogens (tertiary/aromatic N) is 2. The van der Waals surface area contributed by atoms with E-state index in [1.165, 1.54) is 11.8 Å². The van der Waals surface area contributed by atoms with Crippen LogP contribution in [0.5, 0.6) is 5.75 Å². The van der Waals surface area contributed by atoms with E-state index in [0.29, 0.717) is 26.6 Å². The molecule has 1 amide bonds. The van der Waals surface area contributed by atoms with Crippen molar-refractivity contribution in [3.05, 3.63) is 89.9 Å². The minimum absolute atomic E-state index is 0.145. The van der Waals surface area contributed by atoms with Crippen molar-refractivity contribution in [3.63, 3.8) is 0 Å². The molecule has 164 valence electrons. The third-order valence-electron chi connectivity index (χ3n) is 4.86. The van der Waals surface area contributed by atoms with Crippen LogP contribution >= 0.6 is 67.4 Å². The minimum Gasteiger partial charge on any atom is -0.486 e. The number of halogens is 3. The number of amides is 1. The third-order valence-corrected chi connectivity index (χ3v) is 7.69. The van der Waals surface area contributed by atoms with Crippen LogP contribution in [0.15, 0.2) is 62.4 Å². The van der Waals surface area contributed by atoms with Crippen molar-refractivity contribution in [2.24, 2.45) is 0 Å². The lowest BCUT2D eigenvalue weighted by molar-refractivity contribution is -0.114. The van der Waals surface area contributed by atoms with Crippen LogP contribution in [0.4, 0.5) is 0 Å². The molecule has 2 aromatic carbocycles. The summed E-state index contributed by atoms with van der Waals surface area (Å²) in [7, 11) is 0. The molecule has 4 nitrogen and oxygen atoms in total. The molecule has 0 saturated carbocycles. The number of rotatable bonds is 5. The topological polar surface area (TPSA) is 34.5 Å². The molecular formula is C23H17Br2ClN2O2S2. The number of ether oxygens (including phenoxy) is 1. The van der Waals surface area contributed by atoms with Crippen molar-refractivity contribution in [1.29, 1.82) is 0 Å². The van der Waals surface area contributed by atoms with Gasteiger partial charge in [-0.05, 0) is 99.9 Å². The minimum atomic E-state index is -0.145. The van der Waals surface area contributed by atoms with E-state index in [-0.39, 0.29) is 5.91 Å². The first-order valence-corrected chi connectivity index (χ1v) is 12.7. The molecule has 1 aliphatic heterocycles. The van der Waals surface area contributed by atoms with Crippen molar-refractivity contribution in [1.82, 2.24) is 4.68 Å². The van der Waals surface area contributed by atoms with Crippen LogP contribution < -0.4 is 9.75 Å². The molecule has 1 fully saturated rings. The Hall–Kier alpha value is -1.58. The van der Waals surface area contributed by atoms with E-state index < -0.39 is 0 Å². The second-order valence-electron chi connectivity index (χ2n) is 7.12. The van der Waals surface area contributed by atoms with E-state index in [2.05, 4.69) is 31.9 Å². The number of aromatic nitrogens is 1. The van der Waals surface area contributed by atoms with Gasteiger partial charge in [0.15, 0.2) is 4.32 Å². The summed E-state index contributed by atoms with van der Waals surface area (Å²) in [5.74, 6) is 0.516. The molecule has 1 saturated heterocycles. The highest BCUT2D eigenvalue weighted by molar-refractivity contribution is 9.11. The molecule has 9 heteroatoms. The quantitative estimate of drug-likeness (QED) is 0.222. The van der Waals surface area contributed by atoms with Gasteiger partial charge < -0.3 is 4.74 Å². The van der Waals surface area contributed by atoms with Gasteiger partial charge >= 0.3 is 0 Å². The van der Waals surface area contributed by atoms with Gasteiger partial charge in [-0.3, -0.25) is 9.47 Å². The SMILES string of the molecule is Cc1ccc(C)n1N1C(=O)/C(=C\c2cc(Br)c(OCc3ccccc3Cl)c(Br)c2)SC1=S. The Bertz CT molecular complexity index is 1230. The Morgan fingerprint density at radius 2 is 1.72 bits per heavy atom. The van der Waals surface area contributed by atoms with E-state index in [9.17, 15) is 4.79 Å². The molecular weight excluding hydrogens is 596 g/mol. The lowest BCUT2D eigenvalue weighted by Gasteiger charge is -2.20. The average molecular weight is 613 g/mol. The fourth-order valence-electron chi connectivity index (χ4n) is 3.33. The zero-order valence-corrected chi connectivity index (χ0v) is 22.6. The maximum absolute atomic E-state index is 13.1. The normalized spacial score (nSPS) is 15.2. The van der Waals surface area contributed by atoms with Crippen molar-refractivity contribution in [2.75, 3.05) is 5.01 Å². The van der Waals surface area contributed by atoms with Gasteiger partial charge in [0.2, 0.25) is 0 Å². The lowest BCUT2D eigenvalue weighted by Crippen LogP contribution is -2.39. The summed E-state index contributed by atoms with van der Waals surface area (Å²) in [5.41, 5.74) is 3.64. The number of hydrogen-bond acceptors (Lipinski definition) is 4.